The normalized spacial score (nSPS) is 11.9. The van der Waals surface area contributed by atoms with E-state index in [1.807, 2.05) is 5.43 Å². The molecule has 0 unspecified atom stereocenters. The second kappa shape index (κ2) is 5.94. The van der Waals surface area contributed by atoms with Crippen molar-refractivity contribution in [1.29, 1.82) is 0 Å². The van der Waals surface area contributed by atoms with Crippen LogP contribution in [0.15, 0.2) is 5.10 Å². The Bertz CT molecular complexity index is 294. The molecular formula is C9H17N3O4. The van der Waals surface area contributed by atoms with E-state index in [4.69, 9.17) is 10.5 Å². The first kappa shape index (κ1) is 14.2. The first-order valence-corrected chi connectivity index (χ1v) is 4.75. The van der Waals surface area contributed by atoms with E-state index in [1.165, 1.54) is 0 Å². The number of esters is 1. The van der Waals surface area contributed by atoms with E-state index < -0.39 is 23.5 Å². The summed E-state index contributed by atoms with van der Waals surface area (Å²) < 4.78 is 9.41. The summed E-state index contributed by atoms with van der Waals surface area (Å²) in [7, 11) is 0. The molecule has 1 amide bonds. The summed E-state index contributed by atoms with van der Waals surface area (Å²) in [6, 6.07) is 0. The number of rotatable bonds is 2. The van der Waals surface area contributed by atoms with Crippen molar-refractivity contribution in [3.63, 3.8) is 0 Å². The molecule has 0 bridgehead atoms. The lowest BCUT2D eigenvalue weighted by atomic mass is 10.2. The van der Waals surface area contributed by atoms with Crippen molar-refractivity contribution in [3.05, 3.63) is 0 Å². The van der Waals surface area contributed by atoms with Gasteiger partial charge in [-0.25, -0.2) is 15.0 Å². The van der Waals surface area contributed by atoms with Gasteiger partial charge in [0.05, 0.1) is 6.61 Å². The van der Waals surface area contributed by atoms with Crippen molar-refractivity contribution in [2.24, 2.45) is 10.8 Å². The molecule has 0 aromatic heterocycles. The third-order valence-electron chi connectivity index (χ3n) is 1.15. The molecule has 92 valence electrons. The molecule has 0 heterocycles. The van der Waals surface area contributed by atoms with E-state index in [9.17, 15) is 9.59 Å². The number of ether oxygens (including phenoxy) is 2. The fourth-order valence-corrected chi connectivity index (χ4v) is 0.657. The molecule has 0 fully saturated rings. The van der Waals surface area contributed by atoms with Gasteiger partial charge in [0.25, 0.3) is 0 Å². The van der Waals surface area contributed by atoms with E-state index in [1.54, 1.807) is 27.7 Å². The molecule has 7 nitrogen and oxygen atoms in total. The second-order valence-electron chi connectivity index (χ2n) is 3.83. The summed E-state index contributed by atoms with van der Waals surface area (Å²) in [5.41, 5.74) is 6.56. The Morgan fingerprint density at radius 2 is 1.94 bits per heavy atom. The molecule has 0 aliphatic heterocycles. The van der Waals surface area contributed by atoms with Crippen molar-refractivity contribution < 1.29 is 19.1 Å². The molecule has 0 aliphatic carbocycles. The first-order valence-electron chi connectivity index (χ1n) is 4.75. The zero-order valence-electron chi connectivity index (χ0n) is 9.86. The van der Waals surface area contributed by atoms with Crippen LogP contribution in [0.1, 0.15) is 27.7 Å². The maximum atomic E-state index is 11.1. The number of carbonyl (C=O) groups excluding carboxylic acids is 2. The average Bonchev–Trinajstić information content (AvgIpc) is 2.11. The van der Waals surface area contributed by atoms with Crippen LogP contribution in [-0.2, 0) is 14.3 Å². The topological polar surface area (TPSA) is 103 Å². The zero-order valence-corrected chi connectivity index (χ0v) is 9.86. The lowest BCUT2D eigenvalue weighted by molar-refractivity contribution is -0.135. The van der Waals surface area contributed by atoms with Crippen LogP contribution in [0, 0.1) is 0 Å². The zero-order chi connectivity index (χ0) is 12.8. The Hall–Kier alpha value is -1.79. The average molecular weight is 231 g/mol. The van der Waals surface area contributed by atoms with E-state index in [-0.39, 0.29) is 6.61 Å². The molecule has 0 aliphatic rings. The molecule has 0 radical (unpaired) electrons. The number of nitrogens with one attached hydrogen (secondary N) is 1. The highest BCUT2D eigenvalue weighted by Crippen LogP contribution is 2.06. The standard InChI is InChI=1S/C9H17N3O4/c1-5-15-7(13)6(10)11-12-8(14)16-9(2,3)4/h5H2,1-4H3,(H2,10,11)(H,12,14). The van der Waals surface area contributed by atoms with Gasteiger partial charge in [0.1, 0.15) is 5.60 Å². The summed E-state index contributed by atoms with van der Waals surface area (Å²) in [6.07, 6.45) is -0.792. The monoisotopic (exact) mass is 231 g/mol. The van der Waals surface area contributed by atoms with Gasteiger partial charge >= 0.3 is 12.1 Å². The Morgan fingerprint density at radius 1 is 1.38 bits per heavy atom. The van der Waals surface area contributed by atoms with Gasteiger partial charge in [-0.15, -0.1) is 5.10 Å². The number of amides is 1. The molecule has 0 aromatic carbocycles. The van der Waals surface area contributed by atoms with Crippen molar-refractivity contribution in [3.8, 4) is 0 Å². The summed E-state index contributed by atoms with van der Waals surface area (Å²) in [5.74, 6) is -1.23. The Balaban J connectivity index is 4.17. The number of hydrogen-bond acceptors (Lipinski definition) is 5. The highest BCUT2D eigenvalue weighted by atomic mass is 16.6. The van der Waals surface area contributed by atoms with E-state index in [0.29, 0.717) is 0 Å². The maximum absolute atomic E-state index is 11.1. The minimum Gasteiger partial charge on any atom is -0.460 e. The molecule has 16 heavy (non-hydrogen) atoms. The second-order valence-corrected chi connectivity index (χ2v) is 3.83. The smallest absolute Gasteiger partial charge is 0.428 e. The molecule has 0 saturated carbocycles. The van der Waals surface area contributed by atoms with Crippen LogP contribution in [0.25, 0.3) is 0 Å². The molecule has 0 spiro atoms. The highest BCUT2D eigenvalue weighted by Gasteiger charge is 2.16. The molecule has 3 N–H and O–H groups in total. The third kappa shape index (κ3) is 6.63. The van der Waals surface area contributed by atoms with Gasteiger partial charge in [0.2, 0.25) is 5.84 Å². The number of hydrogen-bond donors (Lipinski definition) is 2. The van der Waals surface area contributed by atoms with Crippen LogP contribution >= 0.6 is 0 Å². The van der Waals surface area contributed by atoms with E-state index in [2.05, 4.69) is 9.84 Å². The molecular weight excluding hydrogens is 214 g/mol. The third-order valence-corrected chi connectivity index (χ3v) is 1.15. The maximum Gasteiger partial charge on any atom is 0.428 e. The van der Waals surface area contributed by atoms with Crippen LogP contribution in [0.4, 0.5) is 4.79 Å². The van der Waals surface area contributed by atoms with Gasteiger partial charge in [0, 0.05) is 0 Å². The van der Waals surface area contributed by atoms with Crippen LogP contribution in [-0.4, -0.2) is 30.1 Å². The predicted octanol–water partition coefficient (Wildman–Crippen LogP) is 0.346. The predicted molar refractivity (Wildman–Crippen MR) is 57.6 cm³/mol. The largest absolute Gasteiger partial charge is 0.460 e. The lowest BCUT2D eigenvalue weighted by Gasteiger charge is -2.18. The van der Waals surface area contributed by atoms with Crippen molar-refractivity contribution in [2.45, 2.75) is 33.3 Å². The number of nitrogens with two attached hydrogens (primary N) is 1. The quantitative estimate of drug-likeness (QED) is 0.309. The van der Waals surface area contributed by atoms with Crippen molar-refractivity contribution in [2.75, 3.05) is 6.61 Å². The summed E-state index contributed by atoms with van der Waals surface area (Å²) in [4.78, 5) is 22.1. The molecule has 0 aromatic rings. The Labute approximate surface area is 94.0 Å². The van der Waals surface area contributed by atoms with Crippen molar-refractivity contribution in [1.82, 2.24) is 5.43 Å². The van der Waals surface area contributed by atoms with Crippen LogP contribution in [0.2, 0.25) is 0 Å². The van der Waals surface area contributed by atoms with Crippen molar-refractivity contribution >= 4 is 17.9 Å². The fourth-order valence-electron chi connectivity index (χ4n) is 0.657. The number of hydrazone groups is 1. The summed E-state index contributed by atoms with van der Waals surface area (Å²) in [5, 5.41) is 3.32. The molecule has 0 rings (SSSR count). The summed E-state index contributed by atoms with van der Waals surface area (Å²) in [6.45, 7) is 6.91. The van der Waals surface area contributed by atoms with Gasteiger partial charge in [0.15, 0.2) is 0 Å². The minimum atomic E-state index is -0.793. The van der Waals surface area contributed by atoms with Gasteiger partial charge in [-0.3, -0.25) is 0 Å². The molecule has 7 heteroatoms. The van der Waals surface area contributed by atoms with E-state index >= 15 is 0 Å². The fraction of sp³-hybridized carbons (Fsp3) is 0.667. The van der Waals surface area contributed by atoms with Crippen LogP contribution in [0.3, 0.4) is 0 Å². The SMILES string of the molecule is CCOC(=O)/C(N)=N/NC(=O)OC(C)(C)C. The van der Waals surface area contributed by atoms with Gasteiger partial charge in [-0.1, -0.05) is 0 Å². The molecule has 0 atom stereocenters. The van der Waals surface area contributed by atoms with Gasteiger partial charge < -0.3 is 15.2 Å². The molecule has 0 saturated heterocycles. The summed E-state index contributed by atoms with van der Waals surface area (Å²) >= 11 is 0. The Morgan fingerprint density at radius 3 is 2.38 bits per heavy atom. The van der Waals surface area contributed by atoms with Crippen LogP contribution in [0.5, 0.6) is 0 Å². The first-order chi connectivity index (χ1) is 7.26. The lowest BCUT2D eigenvalue weighted by Crippen LogP contribution is -2.34. The number of carbonyl (C=O) groups is 2. The van der Waals surface area contributed by atoms with Gasteiger partial charge in [-0.05, 0) is 27.7 Å². The van der Waals surface area contributed by atoms with E-state index in [0.717, 1.165) is 0 Å². The van der Waals surface area contributed by atoms with Gasteiger partial charge in [-0.2, -0.15) is 0 Å². The Kier molecular flexibility index (Phi) is 5.27. The van der Waals surface area contributed by atoms with Crippen LogP contribution < -0.4 is 11.2 Å². The minimum absolute atomic E-state index is 0.182. The highest BCUT2D eigenvalue weighted by molar-refractivity contribution is 6.34. The number of nitrogens with zero attached hydrogens (tertiary/aromatic N) is 1. The number of amidine groups is 1.